The predicted molar refractivity (Wildman–Crippen MR) is 50.6 cm³/mol. The fourth-order valence-electron chi connectivity index (χ4n) is 1.35. The molecule has 0 aliphatic heterocycles. The minimum atomic E-state index is -4.64. The van der Waals surface area contributed by atoms with E-state index in [1.165, 1.54) is 12.1 Å². The standard InChI is InChI=1S/C9H6F3N3O/c10-9(11,12)7-5-3-4(16)1-2-6(5)14-8(13)15-7/h1-3,16H,(H2,13,14,15). The number of benzene rings is 1. The van der Waals surface area contributed by atoms with Crippen LogP contribution in [0.2, 0.25) is 0 Å². The maximum atomic E-state index is 12.6. The van der Waals surface area contributed by atoms with Gasteiger partial charge in [0, 0.05) is 5.39 Å². The third-order valence-electron chi connectivity index (χ3n) is 1.97. The summed E-state index contributed by atoms with van der Waals surface area (Å²) in [5.74, 6) is -0.739. The Morgan fingerprint density at radius 2 is 1.88 bits per heavy atom. The van der Waals surface area contributed by atoms with Gasteiger partial charge in [-0.2, -0.15) is 13.2 Å². The third kappa shape index (κ3) is 1.71. The van der Waals surface area contributed by atoms with Crippen LogP contribution in [0, 0.1) is 0 Å². The first-order valence-electron chi connectivity index (χ1n) is 4.21. The van der Waals surface area contributed by atoms with Crippen molar-refractivity contribution in [3.8, 4) is 5.75 Å². The summed E-state index contributed by atoms with van der Waals surface area (Å²) in [7, 11) is 0. The van der Waals surface area contributed by atoms with Crippen molar-refractivity contribution in [1.82, 2.24) is 9.97 Å². The molecule has 0 fully saturated rings. The molecule has 0 atom stereocenters. The van der Waals surface area contributed by atoms with Gasteiger partial charge >= 0.3 is 6.18 Å². The maximum Gasteiger partial charge on any atom is 0.434 e. The van der Waals surface area contributed by atoms with Gasteiger partial charge in [0.15, 0.2) is 5.69 Å². The van der Waals surface area contributed by atoms with E-state index in [9.17, 15) is 13.2 Å². The highest BCUT2D eigenvalue weighted by Crippen LogP contribution is 2.34. The van der Waals surface area contributed by atoms with Crippen molar-refractivity contribution in [3.63, 3.8) is 0 Å². The molecule has 1 aromatic carbocycles. The van der Waals surface area contributed by atoms with Crippen molar-refractivity contribution >= 4 is 16.9 Å². The molecule has 0 saturated carbocycles. The highest BCUT2D eigenvalue weighted by Gasteiger charge is 2.35. The SMILES string of the molecule is Nc1nc(C(F)(F)F)c2cc(O)ccc2n1. The molecule has 0 spiro atoms. The van der Waals surface area contributed by atoms with E-state index in [0.717, 1.165) is 6.07 Å². The second-order valence-electron chi connectivity index (χ2n) is 3.13. The maximum absolute atomic E-state index is 12.6. The zero-order chi connectivity index (χ0) is 11.9. The molecule has 0 unspecified atom stereocenters. The van der Waals surface area contributed by atoms with E-state index < -0.39 is 17.8 Å². The van der Waals surface area contributed by atoms with Crippen molar-refractivity contribution in [3.05, 3.63) is 23.9 Å². The first kappa shape index (κ1) is 10.5. The van der Waals surface area contributed by atoms with Crippen LogP contribution in [0.3, 0.4) is 0 Å². The first-order valence-corrected chi connectivity index (χ1v) is 4.21. The molecular weight excluding hydrogens is 223 g/mol. The summed E-state index contributed by atoms with van der Waals surface area (Å²) in [4.78, 5) is 6.79. The number of aromatic nitrogens is 2. The molecule has 1 aromatic heterocycles. The van der Waals surface area contributed by atoms with Crippen LogP contribution >= 0.6 is 0 Å². The van der Waals surface area contributed by atoms with Crippen LogP contribution in [0.4, 0.5) is 19.1 Å². The Hall–Kier alpha value is -2.05. The molecule has 1 heterocycles. The number of hydrogen-bond donors (Lipinski definition) is 2. The Bertz CT molecular complexity index is 553. The zero-order valence-corrected chi connectivity index (χ0v) is 7.78. The number of nitrogens with two attached hydrogens (primary N) is 1. The lowest BCUT2D eigenvalue weighted by atomic mass is 10.1. The number of alkyl halides is 3. The summed E-state index contributed by atoms with van der Waals surface area (Å²) in [6.07, 6.45) is -4.64. The van der Waals surface area contributed by atoms with E-state index in [1.807, 2.05) is 0 Å². The molecule has 0 saturated heterocycles. The van der Waals surface area contributed by atoms with Gasteiger partial charge in [-0.1, -0.05) is 0 Å². The first-order chi connectivity index (χ1) is 7.38. The van der Waals surface area contributed by atoms with Gasteiger partial charge in [-0.25, -0.2) is 9.97 Å². The predicted octanol–water partition coefficient (Wildman–Crippen LogP) is 1.94. The molecule has 84 valence electrons. The Labute approximate surface area is 87.5 Å². The van der Waals surface area contributed by atoms with Crippen LogP contribution in [-0.2, 0) is 6.18 Å². The van der Waals surface area contributed by atoms with Gasteiger partial charge in [0.25, 0.3) is 0 Å². The molecule has 4 nitrogen and oxygen atoms in total. The van der Waals surface area contributed by atoms with Gasteiger partial charge in [-0.05, 0) is 18.2 Å². The van der Waals surface area contributed by atoms with E-state index in [1.54, 1.807) is 0 Å². The van der Waals surface area contributed by atoms with Crippen LogP contribution in [-0.4, -0.2) is 15.1 Å². The van der Waals surface area contributed by atoms with Crippen LogP contribution < -0.4 is 5.73 Å². The number of rotatable bonds is 0. The molecule has 0 amide bonds. The largest absolute Gasteiger partial charge is 0.508 e. The second-order valence-corrected chi connectivity index (χ2v) is 3.13. The van der Waals surface area contributed by atoms with Crippen molar-refractivity contribution in [2.24, 2.45) is 0 Å². The molecule has 7 heteroatoms. The molecule has 0 aliphatic carbocycles. The molecule has 0 bridgehead atoms. The summed E-state index contributed by atoms with van der Waals surface area (Å²) in [6, 6.07) is 3.43. The molecule has 0 aliphatic rings. The van der Waals surface area contributed by atoms with E-state index in [2.05, 4.69) is 9.97 Å². The number of halogens is 3. The lowest BCUT2D eigenvalue weighted by Crippen LogP contribution is -2.11. The van der Waals surface area contributed by atoms with Gasteiger partial charge < -0.3 is 10.8 Å². The van der Waals surface area contributed by atoms with Crippen LogP contribution in [0.5, 0.6) is 5.75 Å². The number of aromatic hydroxyl groups is 1. The summed E-state index contributed by atoms with van der Waals surface area (Å²) >= 11 is 0. The average molecular weight is 229 g/mol. The van der Waals surface area contributed by atoms with E-state index in [4.69, 9.17) is 10.8 Å². The molecular formula is C9H6F3N3O. The van der Waals surface area contributed by atoms with Crippen molar-refractivity contribution in [2.75, 3.05) is 5.73 Å². The fourth-order valence-corrected chi connectivity index (χ4v) is 1.35. The topological polar surface area (TPSA) is 72.0 Å². The van der Waals surface area contributed by atoms with E-state index in [0.29, 0.717) is 0 Å². The average Bonchev–Trinajstić information content (AvgIpc) is 2.16. The number of anilines is 1. The Morgan fingerprint density at radius 1 is 1.19 bits per heavy atom. The van der Waals surface area contributed by atoms with Crippen LogP contribution in [0.1, 0.15) is 5.69 Å². The van der Waals surface area contributed by atoms with Crippen LogP contribution in [0.25, 0.3) is 10.9 Å². The number of phenolic OH excluding ortho intramolecular Hbond substituents is 1. The van der Waals surface area contributed by atoms with Gasteiger partial charge in [0.05, 0.1) is 5.52 Å². The quantitative estimate of drug-likeness (QED) is 0.724. The normalized spacial score (nSPS) is 11.9. The molecule has 2 rings (SSSR count). The number of hydrogen-bond acceptors (Lipinski definition) is 4. The number of nitrogens with zero attached hydrogens (tertiary/aromatic N) is 2. The van der Waals surface area contributed by atoms with Crippen molar-refractivity contribution < 1.29 is 18.3 Å². The Morgan fingerprint density at radius 3 is 2.50 bits per heavy atom. The van der Waals surface area contributed by atoms with Gasteiger partial charge in [-0.3, -0.25) is 0 Å². The van der Waals surface area contributed by atoms with Crippen molar-refractivity contribution in [2.45, 2.75) is 6.18 Å². The molecule has 3 N–H and O–H groups in total. The summed E-state index contributed by atoms with van der Waals surface area (Å²) in [5.41, 5.74) is 4.07. The number of fused-ring (bicyclic) bond motifs is 1. The molecule has 0 radical (unpaired) electrons. The lowest BCUT2D eigenvalue weighted by Gasteiger charge is -2.09. The monoisotopic (exact) mass is 229 g/mol. The zero-order valence-electron chi connectivity index (χ0n) is 7.78. The van der Waals surface area contributed by atoms with Gasteiger partial charge in [0.2, 0.25) is 5.95 Å². The summed E-state index contributed by atoms with van der Waals surface area (Å²) < 4.78 is 37.8. The van der Waals surface area contributed by atoms with Gasteiger partial charge in [0.1, 0.15) is 5.75 Å². The van der Waals surface area contributed by atoms with E-state index in [-0.39, 0.29) is 16.7 Å². The Kier molecular flexibility index (Phi) is 2.11. The fraction of sp³-hybridized carbons (Fsp3) is 0.111. The van der Waals surface area contributed by atoms with E-state index >= 15 is 0 Å². The molecule has 16 heavy (non-hydrogen) atoms. The van der Waals surface area contributed by atoms with Crippen molar-refractivity contribution in [1.29, 1.82) is 0 Å². The summed E-state index contributed by atoms with van der Waals surface area (Å²) in [6.45, 7) is 0. The number of nitrogen functional groups attached to an aromatic ring is 1. The van der Waals surface area contributed by atoms with Gasteiger partial charge in [-0.15, -0.1) is 0 Å². The highest BCUT2D eigenvalue weighted by molar-refractivity contribution is 5.83. The Balaban J connectivity index is 2.85. The lowest BCUT2D eigenvalue weighted by molar-refractivity contribution is -0.139. The minimum absolute atomic E-state index is 0.0395. The molecule has 2 aromatic rings. The second kappa shape index (κ2) is 3.22. The third-order valence-corrected chi connectivity index (χ3v) is 1.97. The summed E-state index contributed by atoms with van der Waals surface area (Å²) in [5, 5.41) is 8.86. The smallest absolute Gasteiger partial charge is 0.434 e. The van der Waals surface area contributed by atoms with Crippen LogP contribution in [0.15, 0.2) is 18.2 Å². The minimum Gasteiger partial charge on any atom is -0.508 e. The number of phenols is 1. The highest BCUT2D eigenvalue weighted by atomic mass is 19.4.